The molecule has 0 heterocycles. The molecule has 0 bridgehead atoms. The van der Waals surface area contributed by atoms with Crippen LogP contribution in [0.5, 0.6) is 0 Å². The Hall–Kier alpha value is -0.0831. The van der Waals surface area contributed by atoms with Crippen molar-refractivity contribution in [1.82, 2.24) is 0 Å². The molecule has 0 saturated heterocycles. The highest BCUT2D eigenvalue weighted by atomic mass is 28.1. The molecule has 0 aliphatic carbocycles. The van der Waals surface area contributed by atoms with Crippen LogP contribution in [0.25, 0.3) is 0 Å². The fourth-order valence-corrected chi connectivity index (χ4v) is 0.408. The molecule has 2 heteroatoms. The van der Waals surface area contributed by atoms with Gasteiger partial charge in [-0.1, -0.05) is 6.08 Å². The number of nitrogens with two attached hydrogens (primary N) is 1. The standard InChI is InChI=1S/C3H9NSi/c4-2-1-3-5/h1,3H,2,4H2,5H3. The Morgan fingerprint density at radius 2 is 2.40 bits per heavy atom. The number of rotatable bonds is 1. The first-order chi connectivity index (χ1) is 2.41. The zero-order valence-electron chi connectivity index (χ0n) is 3.44. The second-order valence-electron chi connectivity index (χ2n) is 0.805. The van der Waals surface area contributed by atoms with Crippen LogP contribution >= 0.6 is 0 Å². The third-order valence-electron chi connectivity index (χ3n) is 0.372. The molecule has 1 nitrogen and oxygen atoms in total. The van der Waals surface area contributed by atoms with Crippen molar-refractivity contribution in [3.63, 3.8) is 0 Å². The molecule has 0 unspecified atom stereocenters. The third kappa shape index (κ3) is 3.92. The largest absolute Gasteiger partial charge is 0.327 e. The van der Waals surface area contributed by atoms with Crippen LogP contribution in [-0.2, 0) is 0 Å². The summed E-state index contributed by atoms with van der Waals surface area (Å²) in [6.07, 6.45) is 1.96. The van der Waals surface area contributed by atoms with E-state index < -0.39 is 0 Å². The Kier molecular flexibility index (Phi) is 3.85. The molecule has 0 amide bonds. The van der Waals surface area contributed by atoms with E-state index in [-0.39, 0.29) is 0 Å². The average molecular weight is 87.2 g/mol. The van der Waals surface area contributed by atoms with Gasteiger partial charge >= 0.3 is 0 Å². The van der Waals surface area contributed by atoms with E-state index in [1.54, 1.807) is 0 Å². The quantitative estimate of drug-likeness (QED) is 0.400. The fourth-order valence-electron chi connectivity index (χ4n) is 0.136. The maximum absolute atomic E-state index is 5.07. The van der Waals surface area contributed by atoms with Crippen molar-refractivity contribution in [1.29, 1.82) is 0 Å². The van der Waals surface area contributed by atoms with Gasteiger partial charge in [-0.15, -0.1) is 5.70 Å². The minimum atomic E-state index is 0.698. The summed E-state index contributed by atoms with van der Waals surface area (Å²) >= 11 is 0. The molecule has 0 aromatic heterocycles. The van der Waals surface area contributed by atoms with Crippen LogP contribution in [0, 0.1) is 0 Å². The molecule has 0 radical (unpaired) electrons. The van der Waals surface area contributed by atoms with Crippen molar-refractivity contribution in [2.75, 3.05) is 6.54 Å². The van der Waals surface area contributed by atoms with Gasteiger partial charge in [-0.05, 0) is 0 Å². The summed E-state index contributed by atoms with van der Waals surface area (Å²) in [5, 5.41) is 0. The van der Waals surface area contributed by atoms with E-state index in [1.807, 2.05) is 6.08 Å². The van der Waals surface area contributed by atoms with E-state index in [1.165, 1.54) is 0 Å². The van der Waals surface area contributed by atoms with Crippen LogP contribution in [0.4, 0.5) is 0 Å². The fraction of sp³-hybridized carbons (Fsp3) is 0.333. The van der Waals surface area contributed by atoms with Crippen LogP contribution in [-0.4, -0.2) is 16.8 Å². The first kappa shape index (κ1) is 4.92. The average Bonchev–Trinajstić information content (AvgIpc) is 1.41. The minimum absolute atomic E-state index is 0.698. The molecule has 5 heavy (non-hydrogen) atoms. The van der Waals surface area contributed by atoms with Gasteiger partial charge in [0.25, 0.3) is 0 Å². The van der Waals surface area contributed by atoms with Crippen molar-refractivity contribution in [3.8, 4) is 0 Å². The molecule has 0 saturated carbocycles. The van der Waals surface area contributed by atoms with E-state index in [9.17, 15) is 0 Å². The molecule has 0 aliphatic heterocycles. The second-order valence-corrected chi connectivity index (χ2v) is 1.47. The zero-order valence-corrected chi connectivity index (χ0v) is 5.44. The van der Waals surface area contributed by atoms with Gasteiger partial charge in [0.05, 0.1) is 0 Å². The summed E-state index contributed by atoms with van der Waals surface area (Å²) in [7, 11) is 1.14. The van der Waals surface area contributed by atoms with Crippen LogP contribution in [0.3, 0.4) is 0 Å². The normalized spacial score (nSPS) is 10.6. The summed E-state index contributed by atoms with van der Waals surface area (Å²) in [6.45, 7) is 0.698. The van der Waals surface area contributed by atoms with Gasteiger partial charge in [-0.25, -0.2) is 0 Å². The van der Waals surface area contributed by atoms with Crippen molar-refractivity contribution in [2.24, 2.45) is 5.73 Å². The lowest BCUT2D eigenvalue weighted by Gasteiger charge is -1.67. The first-order valence-corrected chi connectivity index (χ1v) is 2.88. The minimum Gasteiger partial charge on any atom is -0.327 e. The second kappa shape index (κ2) is 3.92. The summed E-state index contributed by atoms with van der Waals surface area (Å²) in [5.41, 5.74) is 7.14. The van der Waals surface area contributed by atoms with Gasteiger partial charge < -0.3 is 5.73 Å². The van der Waals surface area contributed by atoms with Crippen LogP contribution in [0.1, 0.15) is 0 Å². The Labute approximate surface area is 35.3 Å². The number of hydrogen-bond donors (Lipinski definition) is 1. The number of hydrogen-bond acceptors (Lipinski definition) is 1. The maximum Gasteiger partial charge on any atom is 0.0287 e. The van der Waals surface area contributed by atoms with Gasteiger partial charge in [-0.3, -0.25) is 0 Å². The van der Waals surface area contributed by atoms with Gasteiger partial charge in [-0.2, -0.15) is 0 Å². The smallest absolute Gasteiger partial charge is 0.0287 e. The molecule has 0 rings (SSSR count). The van der Waals surface area contributed by atoms with Crippen LogP contribution < -0.4 is 5.73 Å². The van der Waals surface area contributed by atoms with Crippen molar-refractivity contribution >= 4 is 10.2 Å². The van der Waals surface area contributed by atoms with Crippen molar-refractivity contribution < 1.29 is 0 Å². The highest BCUT2D eigenvalue weighted by Crippen LogP contribution is 1.52. The highest BCUT2D eigenvalue weighted by Gasteiger charge is 1.51. The van der Waals surface area contributed by atoms with E-state index >= 15 is 0 Å². The SMILES string of the molecule is NCC=C[SiH3]. The van der Waals surface area contributed by atoms with Gasteiger partial charge in [0, 0.05) is 16.8 Å². The lowest BCUT2D eigenvalue weighted by molar-refractivity contribution is 1.26. The molecule has 30 valence electrons. The monoisotopic (exact) mass is 87.1 g/mol. The highest BCUT2D eigenvalue weighted by molar-refractivity contribution is 6.16. The maximum atomic E-state index is 5.07. The van der Waals surface area contributed by atoms with Crippen LogP contribution in [0.15, 0.2) is 11.8 Å². The van der Waals surface area contributed by atoms with E-state index in [4.69, 9.17) is 5.73 Å². The zero-order chi connectivity index (χ0) is 4.12. The van der Waals surface area contributed by atoms with E-state index in [0.717, 1.165) is 10.2 Å². The molecular weight excluding hydrogens is 78.1 g/mol. The Balaban J connectivity index is 2.62. The van der Waals surface area contributed by atoms with E-state index in [0.29, 0.717) is 6.54 Å². The lowest BCUT2D eigenvalue weighted by Crippen LogP contribution is -1.91. The molecule has 0 spiro atoms. The van der Waals surface area contributed by atoms with Gasteiger partial charge in [0.15, 0.2) is 0 Å². The molecule has 0 aromatic carbocycles. The summed E-state index contributed by atoms with van der Waals surface area (Å²) in [4.78, 5) is 0. The Bertz CT molecular complexity index is 33.9. The Morgan fingerprint density at radius 1 is 1.80 bits per heavy atom. The van der Waals surface area contributed by atoms with Gasteiger partial charge in [0.2, 0.25) is 0 Å². The molecule has 0 aromatic rings. The summed E-state index contributed by atoms with van der Waals surface area (Å²) in [6, 6.07) is 0. The molecule has 0 fully saturated rings. The molecule has 0 atom stereocenters. The van der Waals surface area contributed by atoms with Gasteiger partial charge in [0.1, 0.15) is 0 Å². The van der Waals surface area contributed by atoms with Crippen molar-refractivity contribution in [3.05, 3.63) is 11.8 Å². The molecular formula is C3H9NSi. The first-order valence-electron chi connectivity index (χ1n) is 1.73. The third-order valence-corrected chi connectivity index (χ3v) is 0.843. The molecule has 2 N–H and O–H groups in total. The summed E-state index contributed by atoms with van der Waals surface area (Å²) in [5.74, 6) is 0. The van der Waals surface area contributed by atoms with E-state index in [2.05, 4.69) is 5.70 Å². The predicted molar refractivity (Wildman–Crippen MR) is 28.1 cm³/mol. The molecule has 0 aliphatic rings. The Morgan fingerprint density at radius 3 is 2.40 bits per heavy atom. The predicted octanol–water partition coefficient (Wildman–Crippen LogP) is -1.18. The van der Waals surface area contributed by atoms with Crippen LogP contribution in [0.2, 0.25) is 0 Å². The summed E-state index contributed by atoms with van der Waals surface area (Å²) < 4.78 is 0. The lowest BCUT2D eigenvalue weighted by atomic mass is 10.7. The van der Waals surface area contributed by atoms with Crippen molar-refractivity contribution in [2.45, 2.75) is 0 Å². The topological polar surface area (TPSA) is 26.0 Å².